The van der Waals surface area contributed by atoms with Crippen LogP contribution in [0.15, 0.2) is 18.2 Å². The maximum absolute atomic E-state index is 6.09. The minimum absolute atomic E-state index is 0.785. The Balaban J connectivity index is 1.75. The minimum atomic E-state index is 0.785. The van der Waals surface area contributed by atoms with E-state index in [-0.39, 0.29) is 0 Å². The second kappa shape index (κ2) is 5.16. The van der Waals surface area contributed by atoms with Crippen molar-refractivity contribution in [2.45, 2.75) is 52.1 Å². The van der Waals surface area contributed by atoms with E-state index in [1.165, 1.54) is 36.9 Å². The van der Waals surface area contributed by atoms with Crippen molar-refractivity contribution >= 4 is 5.69 Å². The Morgan fingerprint density at radius 1 is 1.11 bits per heavy atom. The lowest BCUT2D eigenvalue weighted by Crippen LogP contribution is -2.43. The van der Waals surface area contributed by atoms with E-state index in [0.717, 1.165) is 36.5 Å². The van der Waals surface area contributed by atoms with Crippen LogP contribution in [0.5, 0.6) is 0 Å². The van der Waals surface area contributed by atoms with Gasteiger partial charge in [-0.2, -0.15) is 0 Å². The second-order valence-corrected chi connectivity index (χ2v) is 6.78. The molecule has 1 aliphatic heterocycles. The van der Waals surface area contributed by atoms with Gasteiger partial charge in [0.15, 0.2) is 0 Å². The molecule has 0 radical (unpaired) electrons. The van der Waals surface area contributed by atoms with Gasteiger partial charge in [-0.05, 0) is 54.7 Å². The van der Waals surface area contributed by atoms with Crippen LogP contribution >= 0.6 is 0 Å². The van der Waals surface area contributed by atoms with E-state index in [0.29, 0.717) is 0 Å². The number of fused-ring (bicyclic) bond motifs is 1. The topological polar surface area (TPSA) is 29.3 Å². The molecule has 2 atom stereocenters. The molecule has 1 fully saturated rings. The van der Waals surface area contributed by atoms with Crippen LogP contribution in [0.25, 0.3) is 0 Å². The number of nitrogens with two attached hydrogens (primary N) is 1. The Kier molecular flexibility index (Phi) is 3.53. The van der Waals surface area contributed by atoms with Gasteiger partial charge in [0.1, 0.15) is 0 Å². The Bertz CT molecular complexity index is 445. The number of rotatable bonds is 1. The molecule has 0 amide bonds. The largest absolute Gasteiger partial charge is 0.398 e. The Hall–Kier alpha value is -1.02. The van der Waals surface area contributed by atoms with Crippen molar-refractivity contribution < 1.29 is 0 Å². The second-order valence-electron chi connectivity index (χ2n) is 6.78. The quantitative estimate of drug-likeness (QED) is 0.782. The zero-order chi connectivity index (χ0) is 13.4. The lowest BCUT2D eigenvalue weighted by atomic mass is 9.79. The molecule has 0 saturated heterocycles. The standard InChI is InChI=1S/C17H26N2/c1-12-8-13(2)10-15(9-12)19-7-6-16-14(11-19)4-3-5-17(16)18/h3-5,12-13,15H,6-11,18H2,1-2H3. The van der Waals surface area contributed by atoms with Gasteiger partial charge in [-0.1, -0.05) is 26.0 Å². The number of anilines is 1. The smallest absolute Gasteiger partial charge is 0.0350 e. The highest BCUT2D eigenvalue weighted by Crippen LogP contribution is 2.34. The number of nitrogens with zero attached hydrogens (tertiary/aromatic N) is 1. The lowest BCUT2D eigenvalue weighted by molar-refractivity contribution is 0.0982. The van der Waals surface area contributed by atoms with Crippen LogP contribution in [0.1, 0.15) is 44.2 Å². The zero-order valence-corrected chi connectivity index (χ0v) is 12.2. The van der Waals surface area contributed by atoms with Gasteiger partial charge in [0.05, 0.1) is 0 Å². The summed E-state index contributed by atoms with van der Waals surface area (Å²) in [6.45, 7) is 7.12. The van der Waals surface area contributed by atoms with Crippen molar-refractivity contribution in [2.75, 3.05) is 12.3 Å². The normalized spacial score (nSPS) is 32.0. The number of nitrogen functional groups attached to an aromatic ring is 1. The summed E-state index contributed by atoms with van der Waals surface area (Å²) in [4.78, 5) is 2.70. The maximum atomic E-state index is 6.09. The Morgan fingerprint density at radius 2 is 1.84 bits per heavy atom. The predicted molar refractivity (Wildman–Crippen MR) is 80.9 cm³/mol. The molecular formula is C17H26N2. The molecule has 0 bridgehead atoms. The van der Waals surface area contributed by atoms with Crippen LogP contribution in [-0.2, 0) is 13.0 Å². The molecule has 1 aliphatic carbocycles. The summed E-state index contributed by atoms with van der Waals surface area (Å²) >= 11 is 0. The molecule has 1 saturated carbocycles. The summed E-state index contributed by atoms with van der Waals surface area (Å²) in [7, 11) is 0. The molecule has 2 heteroatoms. The summed E-state index contributed by atoms with van der Waals surface area (Å²) in [5.41, 5.74) is 9.93. The highest BCUT2D eigenvalue weighted by Gasteiger charge is 2.30. The van der Waals surface area contributed by atoms with Crippen molar-refractivity contribution in [1.82, 2.24) is 4.90 Å². The van der Waals surface area contributed by atoms with E-state index >= 15 is 0 Å². The SMILES string of the molecule is CC1CC(C)CC(N2CCc3c(N)cccc3C2)C1. The average molecular weight is 258 g/mol. The van der Waals surface area contributed by atoms with Gasteiger partial charge in [0, 0.05) is 24.8 Å². The van der Waals surface area contributed by atoms with E-state index in [1.807, 2.05) is 6.07 Å². The van der Waals surface area contributed by atoms with E-state index in [4.69, 9.17) is 5.73 Å². The predicted octanol–water partition coefficient (Wildman–Crippen LogP) is 3.45. The fourth-order valence-electron chi connectivity index (χ4n) is 4.18. The van der Waals surface area contributed by atoms with Crippen LogP contribution in [0.2, 0.25) is 0 Å². The summed E-state index contributed by atoms with van der Waals surface area (Å²) < 4.78 is 0. The monoisotopic (exact) mass is 258 g/mol. The van der Waals surface area contributed by atoms with Crippen LogP contribution < -0.4 is 5.73 Å². The molecule has 104 valence electrons. The highest BCUT2D eigenvalue weighted by molar-refractivity contribution is 5.51. The first kappa shape index (κ1) is 13.0. The minimum Gasteiger partial charge on any atom is -0.398 e. The molecule has 0 aromatic heterocycles. The fraction of sp³-hybridized carbons (Fsp3) is 0.647. The van der Waals surface area contributed by atoms with Gasteiger partial charge in [0.25, 0.3) is 0 Å². The summed E-state index contributed by atoms with van der Waals surface area (Å²) in [5.74, 6) is 1.77. The van der Waals surface area contributed by atoms with E-state index in [2.05, 4.69) is 30.9 Å². The molecule has 2 N–H and O–H groups in total. The average Bonchev–Trinajstić information content (AvgIpc) is 2.37. The van der Waals surface area contributed by atoms with Crippen LogP contribution in [0.3, 0.4) is 0 Å². The molecule has 0 spiro atoms. The number of benzene rings is 1. The molecule has 1 aromatic rings. The van der Waals surface area contributed by atoms with Crippen molar-refractivity contribution in [2.24, 2.45) is 11.8 Å². The Labute approximate surface area is 117 Å². The first-order valence-corrected chi connectivity index (χ1v) is 7.73. The lowest BCUT2D eigenvalue weighted by Gasteiger charge is -2.41. The zero-order valence-electron chi connectivity index (χ0n) is 12.2. The van der Waals surface area contributed by atoms with Crippen molar-refractivity contribution in [3.63, 3.8) is 0 Å². The van der Waals surface area contributed by atoms with Gasteiger partial charge in [-0.3, -0.25) is 4.90 Å². The summed E-state index contributed by atoms with van der Waals surface area (Å²) in [6.07, 6.45) is 5.29. The van der Waals surface area contributed by atoms with Crippen LogP contribution in [0, 0.1) is 11.8 Å². The fourth-order valence-corrected chi connectivity index (χ4v) is 4.18. The first-order chi connectivity index (χ1) is 9.13. The van der Waals surface area contributed by atoms with Gasteiger partial charge < -0.3 is 5.73 Å². The van der Waals surface area contributed by atoms with Gasteiger partial charge in [0.2, 0.25) is 0 Å². The molecule has 3 rings (SSSR count). The molecule has 1 aromatic carbocycles. The molecule has 2 unspecified atom stereocenters. The van der Waals surface area contributed by atoms with Gasteiger partial charge >= 0.3 is 0 Å². The van der Waals surface area contributed by atoms with E-state index in [1.54, 1.807) is 0 Å². The van der Waals surface area contributed by atoms with Gasteiger partial charge in [-0.25, -0.2) is 0 Å². The number of hydrogen-bond acceptors (Lipinski definition) is 2. The molecule has 2 nitrogen and oxygen atoms in total. The first-order valence-electron chi connectivity index (χ1n) is 7.73. The van der Waals surface area contributed by atoms with Crippen molar-refractivity contribution in [3.8, 4) is 0 Å². The third-order valence-electron chi connectivity index (χ3n) is 5.00. The third-order valence-corrected chi connectivity index (χ3v) is 5.00. The van der Waals surface area contributed by atoms with E-state index in [9.17, 15) is 0 Å². The summed E-state index contributed by atoms with van der Waals surface area (Å²) in [6, 6.07) is 7.18. The molecule has 19 heavy (non-hydrogen) atoms. The van der Waals surface area contributed by atoms with Crippen LogP contribution in [-0.4, -0.2) is 17.5 Å². The number of hydrogen-bond donors (Lipinski definition) is 1. The molecule has 1 heterocycles. The maximum Gasteiger partial charge on any atom is 0.0350 e. The van der Waals surface area contributed by atoms with Crippen LogP contribution in [0.4, 0.5) is 5.69 Å². The molecule has 2 aliphatic rings. The van der Waals surface area contributed by atoms with Crippen molar-refractivity contribution in [1.29, 1.82) is 0 Å². The van der Waals surface area contributed by atoms with Gasteiger partial charge in [-0.15, -0.1) is 0 Å². The highest BCUT2D eigenvalue weighted by atomic mass is 15.2. The third kappa shape index (κ3) is 2.64. The molecular weight excluding hydrogens is 232 g/mol. The van der Waals surface area contributed by atoms with E-state index < -0.39 is 0 Å². The van der Waals surface area contributed by atoms with Crippen molar-refractivity contribution in [3.05, 3.63) is 29.3 Å². The Morgan fingerprint density at radius 3 is 2.58 bits per heavy atom. The summed E-state index contributed by atoms with van der Waals surface area (Å²) in [5, 5.41) is 0.